The molecule has 0 fully saturated rings. The molecule has 1 N–H and O–H groups in total. The number of halogens is 1. The quantitative estimate of drug-likeness (QED) is 0.760. The van der Waals surface area contributed by atoms with Gasteiger partial charge in [0.05, 0.1) is 0 Å². The van der Waals surface area contributed by atoms with Gasteiger partial charge in [0, 0.05) is 10.0 Å². The molecule has 0 unspecified atom stereocenters. The molecule has 0 aliphatic heterocycles. The predicted octanol–water partition coefficient (Wildman–Crippen LogP) is 4.22. The van der Waals surface area contributed by atoms with Crippen LogP contribution in [0.2, 0.25) is 0 Å². The van der Waals surface area contributed by atoms with Gasteiger partial charge in [0.1, 0.15) is 13.2 Å². The van der Waals surface area contributed by atoms with E-state index in [-0.39, 0.29) is 24.5 Å². The van der Waals surface area contributed by atoms with Gasteiger partial charge in [0.15, 0.2) is 0 Å². The minimum absolute atomic E-state index is 0.0330. The highest BCUT2D eigenvalue weighted by atomic mass is 79.9. The van der Waals surface area contributed by atoms with E-state index >= 15 is 0 Å². The van der Waals surface area contributed by atoms with E-state index in [1.165, 1.54) is 0 Å². The molecule has 0 saturated heterocycles. The molecule has 0 saturated carbocycles. The second kappa shape index (κ2) is 8.30. The Kier molecular flexibility index (Phi) is 6.37. The highest BCUT2D eigenvalue weighted by molar-refractivity contribution is 9.10. The maximum atomic E-state index is 12.1. The summed E-state index contributed by atoms with van der Waals surface area (Å²) in [4.78, 5) is 23.9. The van der Waals surface area contributed by atoms with Gasteiger partial charge in [-0.3, -0.25) is 9.59 Å². The highest BCUT2D eigenvalue weighted by Crippen LogP contribution is 2.22. The molecule has 2 aromatic carbocycles. The fourth-order valence-corrected chi connectivity index (χ4v) is 2.66. The summed E-state index contributed by atoms with van der Waals surface area (Å²) in [5, 5.41) is 2.58. The van der Waals surface area contributed by atoms with Crippen LogP contribution in [0.3, 0.4) is 0 Å². The maximum Gasteiger partial charge on any atom is 0.325 e. The van der Waals surface area contributed by atoms with Gasteiger partial charge in [-0.05, 0) is 40.8 Å². The molecule has 5 heteroatoms. The summed E-state index contributed by atoms with van der Waals surface area (Å²) in [7, 11) is 0. The molecule has 0 bridgehead atoms. The van der Waals surface area contributed by atoms with Gasteiger partial charge >= 0.3 is 5.97 Å². The van der Waals surface area contributed by atoms with Crippen LogP contribution in [0.5, 0.6) is 0 Å². The van der Waals surface area contributed by atoms with Gasteiger partial charge in [-0.1, -0.05) is 61.0 Å². The number of nitrogens with one attached hydrogen (secondary N) is 1. The first kappa shape index (κ1) is 19.2. The van der Waals surface area contributed by atoms with Gasteiger partial charge in [0.25, 0.3) is 5.91 Å². The van der Waals surface area contributed by atoms with Crippen LogP contribution in [0.15, 0.2) is 53.0 Å². The van der Waals surface area contributed by atoms with E-state index in [1.54, 1.807) is 12.1 Å². The van der Waals surface area contributed by atoms with Crippen LogP contribution in [0.25, 0.3) is 0 Å². The third-order valence-corrected chi connectivity index (χ3v) is 4.19. The van der Waals surface area contributed by atoms with Crippen LogP contribution in [-0.4, -0.2) is 18.4 Å². The topological polar surface area (TPSA) is 55.4 Å². The SMILES string of the molecule is CC(C)(C)c1ccc(C(=O)NCC(=O)OCc2cccc(Br)c2)cc1. The van der Waals surface area contributed by atoms with Crippen molar-refractivity contribution in [2.24, 2.45) is 0 Å². The molecule has 0 radical (unpaired) electrons. The summed E-state index contributed by atoms with van der Waals surface area (Å²) in [5.41, 5.74) is 2.59. The van der Waals surface area contributed by atoms with Gasteiger partial charge < -0.3 is 10.1 Å². The zero-order valence-electron chi connectivity index (χ0n) is 14.6. The third-order valence-electron chi connectivity index (χ3n) is 3.70. The lowest BCUT2D eigenvalue weighted by atomic mass is 9.87. The van der Waals surface area contributed by atoms with Crippen LogP contribution in [0, 0.1) is 0 Å². The smallest absolute Gasteiger partial charge is 0.325 e. The highest BCUT2D eigenvalue weighted by Gasteiger charge is 2.14. The first-order chi connectivity index (χ1) is 11.8. The standard InChI is InChI=1S/C20H22BrNO3/c1-20(2,3)16-9-7-15(8-10-16)19(24)22-12-18(23)25-13-14-5-4-6-17(21)11-14/h4-11H,12-13H2,1-3H3,(H,22,24). The van der Waals surface area contributed by atoms with Crippen molar-refractivity contribution < 1.29 is 14.3 Å². The van der Waals surface area contributed by atoms with E-state index in [4.69, 9.17) is 4.74 Å². The van der Waals surface area contributed by atoms with Crippen LogP contribution in [-0.2, 0) is 21.6 Å². The van der Waals surface area contributed by atoms with Gasteiger partial charge in [0.2, 0.25) is 0 Å². The summed E-state index contributed by atoms with van der Waals surface area (Å²) < 4.78 is 6.08. The van der Waals surface area contributed by atoms with E-state index in [0.717, 1.165) is 15.6 Å². The Morgan fingerprint density at radius 3 is 2.36 bits per heavy atom. The zero-order chi connectivity index (χ0) is 18.4. The summed E-state index contributed by atoms with van der Waals surface area (Å²) >= 11 is 3.36. The molecule has 0 aliphatic carbocycles. The molecule has 0 heterocycles. The number of ether oxygens (including phenoxy) is 1. The van der Waals surface area contributed by atoms with E-state index in [0.29, 0.717) is 5.56 Å². The molecule has 0 aliphatic rings. The van der Waals surface area contributed by atoms with E-state index < -0.39 is 5.97 Å². The van der Waals surface area contributed by atoms with Crippen molar-refractivity contribution in [3.63, 3.8) is 0 Å². The molecule has 1 amide bonds. The number of benzene rings is 2. The minimum atomic E-state index is -0.473. The van der Waals surface area contributed by atoms with Gasteiger partial charge in [-0.2, -0.15) is 0 Å². The van der Waals surface area contributed by atoms with Crippen molar-refractivity contribution in [3.8, 4) is 0 Å². The lowest BCUT2D eigenvalue weighted by molar-refractivity contribution is -0.143. The zero-order valence-corrected chi connectivity index (χ0v) is 16.2. The lowest BCUT2D eigenvalue weighted by Gasteiger charge is -2.19. The van der Waals surface area contributed by atoms with Crippen LogP contribution >= 0.6 is 15.9 Å². The molecule has 0 aromatic heterocycles. The number of rotatable bonds is 5. The Hall–Kier alpha value is -2.14. The molecule has 2 rings (SSSR count). The van der Waals surface area contributed by atoms with Crippen molar-refractivity contribution in [3.05, 3.63) is 69.7 Å². The summed E-state index contributed by atoms with van der Waals surface area (Å²) in [6.45, 7) is 6.36. The Morgan fingerprint density at radius 1 is 1.08 bits per heavy atom. The Labute approximate surface area is 156 Å². The molecule has 2 aromatic rings. The second-order valence-electron chi connectivity index (χ2n) is 6.80. The first-order valence-corrected chi connectivity index (χ1v) is 8.84. The van der Waals surface area contributed by atoms with E-state index in [2.05, 4.69) is 42.0 Å². The molecule has 0 atom stereocenters. The average Bonchev–Trinajstić information content (AvgIpc) is 2.57. The number of amides is 1. The largest absolute Gasteiger partial charge is 0.460 e. The van der Waals surface area contributed by atoms with Gasteiger partial charge in [-0.15, -0.1) is 0 Å². The van der Waals surface area contributed by atoms with Crippen LogP contribution in [0.4, 0.5) is 0 Å². The number of carbonyl (C=O) groups is 2. The normalized spacial score (nSPS) is 11.0. The molecule has 4 nitrogen and oxygen atoms in total. The lowest BCUT2D eigenvalue weighted by Crippen LogP contribution is -2.30. The van der Waals surface area contributed by atoms with Crippen LogP contribution in [0.1, 0.15) is 42.3 Å². The molecule has 25 heavy (non-hydrogen) atoms. The minimum Gasteiger partial charge on any atom is -0.460 e. The first-order valence-electron chi connectivity index (χ1n) is 8.04. The molecular weight excluding hydrogens is 382 g/mol. The number of hydrogen-bond donors (Lipinski definition) is 1. The fraction of sp³-hybridized carbons (Fsp3) is 0.300. The van der Waals surface area contributed by atoms with Crippen molar-refractivity contribution in [1.82, 2.24) is 5.32 Å². The Balaban J connectivity index is 1.82. The summed E-state index contributed by atoms with van der Waals surface area (Å²) in [6.07, 6.45) is 0. The maximum absolute atomic E-state index is 12.1. The van der Waals surface area contributed by atoms with Crippen molar-refractivity contribution in [2.45, 2.75) is 32.8 Å². The number of carbonyl (C=O) groups excluding carboxylic acids is 2. The Bertz CT molecular complexity index is 748. The summed E-state index contributed by atoms with van der Waals surface area (Å²) in [5.74, 6) is -0.764. The number of hydrogen-bond acceptors (Lipinski definition) is 3. The Morgan fingerprint density at radius 2 is 1.76 bits per heavy atom. The monoisotopic (exact) mass is 403 g/mol. The van der Waals surface area contributed by atoms with Crippen molar-refractivity contribution >= 4 is 27.8 Å². The molecule has 132 valence electrons. The second-order valence-corrected chi connectivity index (χ2v) is 7.72. The van der Waals surface area contributed by atoms with E-state index in [1.807, 2.05) is 36.4 Å². The summed E-state index contributed by atoms with van der Waals surface area (Å²) in [6, 6.07) is 14.9. The van der Waals surface area contributed by atoms with E-state index in [9.17, 15) is 9.59 Å². The van der Waals surface area contributed by atoms with Crippen LogP contribution < -0.4 is 5.32 Å². The molecule has 0 spiro atoms. The van der Waals surface area contributed by atoms with Gasteiger partial charge in [-0.25, -0.2) is 0 Å². The van der Waals surface area contributed by atoms with Crippen molar-refractivity contribution in [1.29, 1.82) is 0 Å². The van der Waals surface area contributed by atoms with Crippen molar-refractivity contribution in [2.75, 3.05) is 6.54 Å². The predicted molar refractivity (Wildman–Crippen MR) is 101 cm³/mol. The average molecular weight is 404 g/mol. The fourth-order valence-electron chi connectivity index (χ4n) is 2.22. The number of esters is 1. The third kappa shape index (κ3) is 6.02. The molecular formula is C20H22BrNO3.